The number of rotatable bonds is 3. The number of hydrogen-bond acceptors (Lipinski definition) is 6. The van der Waals surface area contributed by atoms with Crippen LogP contribution in [0.4, 0.5) is 0 Å². The molecule has 2 atom stereocenters. The fraction of sp³-hybridized carbons (Fsp3) is 0.368. The van der Waals surface area contributed by atoms with Crippen molar-refractivity contribution < 1.29 is 13.7 Å². The number of halogens is 1. The van der Waals surface area contributed by atoms with Gasteiger partial charge in [-0.25, -0.2) is 0 Å². The van der Waals surface area contributed by atoms with Crippen LogP contribution >= 0.6 is 15.9 Å². The smallest absolute Gasteiger partial charge is 0.290 e. The lowest BCUT2D eigenvalue weighted by Crippen LogP contribution is -2.46. The molecule has 2 saturated heterocycles. The predicted molar refractivity (Wildman–Crippen MR) is 98.9 cm³/mol. The highest BCUT2D eigenvalue weighted by molar-refractivity contribution is 9.10. The van der Waals surface area contributed by atoms with E-state index in [1.165, 1.54) is 0 Å². The van der Waals surface area contributed by atoms with E-state index in [1.807, 2.05) is 17.0 Å². The Morgan fingerprint density at radius 2 is 1.85 bits per heavy atom. The standard InChI is InChI=1S/C19H17BrN4O3/c20-16-4-3-15(26-16)19(25)24-13-1-2-14(24)10-12(9-13)18-22-17(23-27-18)11-5-7-21-8-6-11/h3-8,12-14H,1-2,9-10H2. The minimum Gasteiger partial charge on any atom is -0.444 e. The van der Waals surface area contributed by atoms with Crippen LogP contribution in [0.1, 0.15) is 48.0 Å². The number of piperidine rings is 1. The van der Waals surface area contributed by atoms with Gasteiger partial charge >= 0.3 is 0 Å². The van der Waals surface area contributed by atoms with Crippen LogP contribution < -0.4 is 0 Å². The predicted octanol–water partition coefficient (Wildman–Crippen LogP) is 4.04. The van der Waals surface area contributed by atoms with Crippen LogP contribution in [0.15, 0.2) is 50.3 Å². The molecule has 138 valence electrons. The molecule has 7 nitrogen and oxygen atoms in total. The summed E-state index contributed by atoms with van der Waals surface area (Å²) in [6.45, 7) is 0. The van der Waals surface area contributed by atoms with Gasteiger partial charge in [-0.05, 0) is 65.9 Å². The third kappa shape index (κ3) is 2.97. The molecule has 2 aliphatic rings. The molecule has 0 saturated carbocycles. The third-order valence-corrected chi connectivity index (χ3v) is 5.91. The normalized spacial score (nSPS) is 24.3. The van der Waals surface area contributed by atoms with Crippen molar-refractivity contribution in [3.05, 3.63) is 53.0 Å². The van der Waals surface area contributed by atoms with Crippen molar-refractivity contribution in [3.63, 3.8) is 0 Å². The van der Waals surface area contributed by atoms with Gasteiger partial charge in [0.15, 0.2) is 10.4 Å². The minimum atomic E-state index is -0.0327. The van der Waals surface area contributed by atoms with Gasteiger partial charge in [-0.2, -0.15) is 4.98 Å². The van der Waals surface area contributed by atoms with E-state index < -0.39 is 0 Å². The molecular formula is C19H17BrN4O3. The van der Waals surface area contributed by atoms with Crippen molar-refractivity contribution in [2.24, 2.45) is 0 Å². The van der Waals surface area contributed by atoms with Gasteiger partial charge < -0.3 is 13.8 Å². The van der Waals surface area contributed by atoms with Gasteiger partial charge in [0.2, 0.25) is 11.7 Å². The number of fused-ring (bicyclic) bond motifs is 2. The Morgan fingerprint density at radius 1 is 1.11 bits per heavy atom. The second kappa shape index (κ2) is 6.60. The molecule has 3 aromatic rings. The Bertz CT molecular complexity index is 956. The van der Waals surface area contributed by atoms with Gasteiger partial charge in [-0.15, -0.1) is 0 Å². The fourth-order valence-corrected chi connectivity index (χ4v) is 4.59. The number of carbonyl (C=O) groups excluding carboxylic acids is 1. The Labute approximate surface area is 163 Å². The molecule has 0 radical (unpaired) electrons. The first-order valence-corrected chi connectivity index (χ1v) is 9.80. The summed E-state index contributed by atoms with van der Waals surface area (Å²) >= 11 is 3.26. The van der Waals surface area contributed by atoms with Crippen molar-refractivity contribution in [2.45, 2.75) is 43.7 Å². The molecule has 5 rings (SSSR count). The molecule has 3 aromatic heterocycles. The molecule has 2 unspecified atom stereocenters. The van der Waals surface area contributed by atoms with Crippen molar-refractivity contribution in [1.29, 1.82) is 0 Å². The monoisotopic (exact) mass is 428 g/mol. The molecular weight excluding hydrogens is 412 g/mol. The SMILES string of the molecule is O=C(c1ccc(Br)o1)N1C2CCC1CC(c1nc(-c3ccncc3)no1)C2. The summed E-state index contributed by atoms with van der Waals surface area (Å²) in [5, 5.41) is 4.12. The lowest BCUT2D eigenvalue weighted by molar-refractivity contribution is 0.0521. The third-order valence-electron chi connectivity index (χ3n) is 5.48. The second-order valence-electron chi connectivity index (χ2n) is 7.06. The molecule has 0 N–H and O–H groups in total. The molecule has 8 heteroatoms. The number of furan rings is 1. The van der Waals surface area contributed by atoms with E-state index in [-0.39, 0.29) is 23.9 Å². The number of hydrogen-bond donors (Lipinski definition) is 0. The highest BCUT2D eigenvalue weighted by Crippen LogP contribution is 2.43. The van der Waals surface area contributed by atoms with E-state index in [4.69, 9.17) is 8.94 Å². The highest BCUT2D eigenvalue weighted by Gasteiger charge is 2.45. The molecule has 0 aromatic carbocycles. The molecule has 2 aliphatic heterocycles. The van der Waals surface area contributed by atoms with Crippen molar-refractivity contribution in [3.8, 4) is 11.4 Å². The van der Waals surface area contributed by atoms with Gasteiger partial charge in [0.05, 0.1) is 0 Å². The van der Waals surface area contributed by atoms with Crippen LogP contribution in [-0.2, 0) is 0 Å². The van der Waals surface area contributed by atoms with Gasteiger partial charge in [0, 0.05) is 36.0 Å². The van der Waals surface area contributed by atoms with E-state index >= 15 is 0 Å². The first-order chi connectivity index (χ1) is 13.2. The summed E-state index contributed by atoms with van der Waals surface area (Å²) in [4.78, 5) is 23.5. The Balaban J connectivity index is 1.34. The van der Waals surface area contributed by atoms with E-state index in [0.717, 1.165) is 31.2 Å². The van der Waals surface area contributed by atoms with Crippen LogP contribution in [0.2, 0.25) is 0 Å². The Morgan fingerprint density at radius 3 is 2.52 bits per heavy atom. The average Bonchev–Trinajstić information content (AvgIpc) is 3.40. The first-order valence-electron chi connectivity index (χ1n) is 9.01. The van der Waals surface area contributed by atoms with Gasteiger partial charge in [-0.3, -0.25) is 9.78 Å². The van der Waals surface area contributed by atoms with Crippen LogP contribution in [0.5, 0.6) is 0 Å². The van der Waals surface area contributed by atoms with Crippen molar-refractivity contribution >= 4 is 21.8 Å². The minimum absolute atomic E-state index is 0.0327. The number of amides is 1. The zero-order valence-electron chi connectivity index (χ0n) is 14.4. The van der Waals surface area contributed by atoms with E-state index in [1.54, 1.807) is 24.5 Å². The van der Waals surface area contributed by atoms with Crippen LogP contribution in [0.3, 0.4) is 0 Å². The zero-order valence-corrected chi connectivity index (χ0v) is 16.0. The number of pyridine rings is 1. The largest absolute Gasteiger partial charge is 0.444 e. The molecule has 27 heavy (non-hydrogen) atoms. The quantitative estimate of drug-likeness (QED) is 0.625. The van der Waals surface area contributed by atoms with Crippen LogP contribution in [-0.4, -0.2) is 38.0 Å². The molecule has 0 aliphatic carbocycles. The Hall–Kier alpha value is -2.48. The van der Waals surface area contributed by atoms with Gasteiger partial charge in [0.1, 0.15) is 0 Å². The summed E-state index contributed by atoms with van der Waals surface area (Å²) in [5.41, 5.74) is 0.888. The lowest BCUT2D eigenvalue weighted by atomic mass is 9.90. The maximum atomic E-state index is 12.9. The number of nitrogens with zero attached hydrogens (tertiary/aromatic N) is 4. The highest BCUT2D eigenvalue weighted by atomic mass is 79.9. The Kier molecular flexibility index (Phi) is 4.07. The van der Waals surface area contributed by atoms with Crippen molar-refractivity contribution in [1.82, 2.24) is 20.0 Å². The van der Waals surface area contributed by atoms with Crippen LogP contribution in [0.25, 0.3) is 11.4 Å². The van der Waals surface area contributed by atoms with E-state index in [9.17, 15) is 4.79 Å². The summed E-state index contributed by atoms with van der Waals surface area (Å²) < 4.78 is 11.6. The summed E-state index contributed by atoms with van der Waals surface area (Å²) in [7, 11) is 0. The average molecular weight is 429 g/mol. The number of carbonyl (C=O) groups is 1. The maximum absolute atomic E-state index is 12.9. The first kappa shape index (κ1) is 16.7. The molecule has 2 bridgehead atoms. The lowest BCUT2D eigenvalue weighted by Gasteiger charge is -2.37. The van der Waals surface area contributed by atoms with Crippen molar-refractivity contribution in [2.75, 3.05) is 0 Å². The topological polar surface area (TPSA) is 85.3 Å². The van der Waals surface area contributed by atoms with E-state index in [2.05, 4.69) is 31.1 Å². The van der Waals surface area contributed by atoms with E-state index in [0.29, 0.717) is 22.1 Å². The summed E-state index contributed by atoms with van der Waals surface area (Å²) in [5.74, 6) is 1.77. The summed E-state index contributed by atoms with van der Waals surface area (Å²) in [6, 6.07) is 7.56. The van der Waals surface area contributed by atoms with Gasteiger partial charge in [0.25, 0.3) is 5.91 Å². The number of aromatic nitrogens is 3. The molecule has 0 spiro atoms. The molecule has 1 amide bonds. The molecule has 5 heterocycles. The molecule has 2 fully saturated rings. The fourth-order valence-electron chi connectivity index (χ4n) is 4.29. The maximum Gasteiger partial charge on any atom is 0.290 e. The summed E-state index contributed by atoms with van der Waals surface area (Å²) in [6.07, 6.45) is 7.09. The zero-order chi connectivity index (χ0) is 18.4. The second-order valence-corrected chi connectivity index (χ2v) is 7.84. The van der Waals surface area contributed by atoms with Crippen LogP contribution in [0, 0.1) is 0 Å². The van der Waals surface area contributed by atoms with Gasteiger partial charge in [-0.1, -0.05) is 5.16 Å².